The first kappa shape index (κ1) is 14.0. The average molecular weight is 226 g/mol. The maximum absolute atomic E-state index is 5.77. The predicted octanol–water partition coefficient (Wildman–Crippen LogP) is 3.02. The third-order valence-electron chi connectivity index (χ3n) is 4.07. The molecule has 0 amide bonds. The second-order valence-corrected chi connectivity index (χ2v) is 6.07. The molecule has 0 aromatic carbocycles. The summed E-state index contributed by atoms with van der Waals surface area (Å²) in [5, 5.41) is 0. The topological polar surface area (TPSA) is 29.3 Å². The van der Waals surface area contributed by atoms with E-state index in [0.717, 1.165) is 12.6 Å². The molecule has 1 rings (SSSR count). The number of piperidine rings is 1. The number of nitrogens with two attached hydrogens (primary N) is 1. The Labute approximate surface area is 102 Å². The summed E-state index contributed by atoms with van der Waals surface area (Å²) in [6, 6.07) is 0.856. The summed E-state index contributed by atoms with van der Waals surface area (Å²) in [5.41, 5.74) is 6.10. The second-order valence-electron chi connectivity index (χ2n) is 6.07. The molecule has 1 aliphatic rings. The molecule has 0 bridgehead atoms. The summed E-state index contributed by atoms with van der Waals surface area (Å²) in [7, 11) is 0. The van der Waals surface area contributed by atoms with Gasteiger partial charge in [-0.1, -0.05) is 27.2 Å². The fraction of sp³-hybridized carbons (Fsp3) is 1.00. The molecule has 0 aromatic rings. The Kier molecular flexibility index (Phi) is 5.77. The molecule has 1 atom stereocenters. The van der Waals surface area contributed by atoms with Crippen LogP contribution in [0.3, 0.4) is 0 Å². The highest BCUT2D eigenvalue weighted by atomic mass is 15.2. The lowest BCUT2D eigenvalue weighted by Crippen LogP contribution is -2.40. The van der Waals surface area contributed by atoms with E-state index < -0.39 is 0 Å². The lowest BCUT2D eigenvalue weighted by atomic mass is 9.87. The fourth-order valence-corrected chi connectivity index (χ4v) is 2.68. The van der Waals surface area contributed by atoms with E-state index >= 15 is 0 Å². The first-order valence-corrected chi connectivity index (χ1v) is 7.03. The van der Waals surface area contributed by atoms with Gasteiger partial charge in [0.2, 0.25) is 0 Å². The van der Waals surface area contributed by atoms with E-state index in [-0.39, 0.29) is 0 Å². The second kappa shape index (κ2) is 6.61. The molecule has 1 fully saturated rings. The zero-order valence-electron chi connectivity index (χ0n) is 11.5. The third-order valence-corrected chi connectivity index (χ3v) is 4.07. The molecule has 2 heteroatoms. The Morgan fingerprint density at radius 3 is 2.69 bits per heavy atom. The highest BCUT2D eigenvalue weighted by Crippen LogP contribution is 2.23. The van der Waals surface area contributed by atoms with Crippen LogP contribution in [0.2, 0.25) is 0 Å². The van der Waals surface area contributed by atoms with Crippen LogP contribution in [0.15, 0.2) is 0 Å². The highest BCUT2D eigenvalue weighted by molar-refractivity contribution is 4.77. The summed E-state index contributed by atoms with van der Waals surface area (Å²) >= 11 is 0. The van der Waals surface area contributed by atoms with E-state index in [4.69, 9.17) is 5.73 Å². The minimum Gasteiger partial charge on any atom is -0.330 e. The number of nitrogens with zero attached hydrogens (tertiary/aromatic N) is 1. The molecule has 2 nitrogen and oxygen atoms in total. The molecule has 0 spiro atoms. The SMILES string of the molecule is CCC1CCCCN1CCCC(C)(C)CN. The van der Waals surface area contributed by atoms with Gasteiger partial charge in [0.05, 0.1) is 0 Å². The van der Waals surface area contributed by atoms with Crippen molar-refractivity contribution in [3.8, 4) is 0 Å². The van der Waals surface area contributed by atoms with Gasteiger partial charge in [-0.15, -0.1) is 0 Å². The van der Waals surface area contributed by atoms with E-state index in [1.807, 2.05) is 0 Å². The van der Waals surface area contributed by atoms with E-state index in [9.17, 15) is 0 Å². The van der Waals surface area contributed by atoms with Gasteiger partial charge in [-0.05, 0) is 57.2 Å². The summed E-state index contributed by atoms with van der Waals surface area (Å²) in [4.78, 5) is 2.70. The van der Waals surface area contributed by atoms with Crippen molar-refractivity contribution in [3.63, 3.8) is 0 Å². The van der Waals surface area contributed by atoms with E-state index in [1.165, 1.54) is 51.6 Å². The number of rotatable bonds is 6. The van der Waals surface area contributed by atoms with Crippen molar-refractivity contribution in [1.82, 2.24) is 4.90 Å². The summed E-state index contributed by atoms with van der Waals surface area (Å²) in [5.74, 6) is 0. The van der Waals surface area contributed by atoms with Crippen LogP contribution < -0.4 is 5.73 Å². The minimum absolute atomic E-state index is 0.331. The van der Waals surface area contributed by atoms with Crippen LogP contribution in [0.4, 0.5) is 0 Å². The van der Waals surface area contributed by atoms with Gasteiger partial charge in [0.25, 0.3) is 0 Å². The molecule has 1 heterocycles. The van der Waals surface area contributed by atoms with Crippen LogP contribution in [0, 0.1) is 5.41 Å². The lowest BCUT2D eigenvalue weighted by molar-refractivity contribution is 0.135. The Morgan fingerprint density at radius 1 is 1.31 bits per heavy atom. The largest absolute Gasteiger partial charge is 0.330 e. The molecule has 1 unspecified atom stereocenters. The Bertz CT molecular complexity index is 189. The minimum atomic E-state index is 0.331. The van der Waals surface area contributed by atoms with Crippen LogP contribution in [0.5, 0.6) is 0 Å². The van der Waals surface area contributed by atoms with Gasteiger partial charge < -0.3 is 10.6 Å². The quantitative estimate of drug-likeness (QED) is 0.754. The van der Waals surface area contributed by atoms with Crippen molar-refractivity contribution >= 4 is 0 Å². The Morgan fingerprint density at radius 2 is 2.06 bits per heavy atom. The lowest BCUT2D eigenvalue weighted by Gasteiger charge is -2.36. The van der Waals surface area contributed by atoms with Crippen molar-refractivity contribution in [3.05, 3.63) is 0 Å². The fourth-order valence-electron chi connectivity index (χ4n) is 2.68. The van der Waals surface area contributed by atoms with Gasteiger partial charge in [-0.2, -0.15) is 0 Å². The molecule has 0 saturated carbocycles. The Balaban J connectivity index is 2.25. The van der Waals surface area contributed by atoms with Crippen molar-refractivity contribution in [2.45, 2.75) is 65.3 Å². The van der Waals surface area contributed by atoms with Crippen molar-refractivity contribution in [2.24, 2.45) is 11.1 Å². The summed E-state index contributed by atoms with van der Waals surface area (Å²) in [6.45, 7) is 10.3. The van der Waals surface area contributed by atoms with E-state index in [1.54, 1.807) is 0 Å². The van der Waals surface area contributed by atoms with Gasteiger partial charge >= 0.3 is 0 Å². The molecule has 0 aromatic heterocycles. The summed E-state index contributed by atoms with van der Waals surface area (Å²) < 4.78 is 0. The molecule has 0 radical (unpaired) electrons. The maximum atomic E-state index is 5.77. The number of likely N-dealkylation sites (tertiary alicyclic amines) is 1. The number of hydrogen-bond donors (Lipinski definition) is 1. The van der Waals surface area contributed by atoms with Crippen LogP contribution in [-0.4, -0.2) is 30.6 Å². The monoisotopic (exact) mass is 226 g/mol. The molecular weight excluding hydrogens is 196 g/mol. The molecule has 1 saturated heterocycles. The first-order chi connectivity index (χ1) is 7.59. The van der Waals surface area contributed by atoms with Crippen molar-refractivity contribution < 1.29 is 0 Å². The zero-order valence-corrected chi connectivity index (χ0v) is 11.5. The standard InChI is InChI=1S/C14H30N2/c1-4-13-8-5-6-10-16(13)11-7-9-14(2,3)12-15/h13H,4-12,15H2,1-3H3. The zero-order chi connectivity index (χ0) is 12.0. The Hall–Kier alpha value is -0.0800. The van der Waals surface area contributed by atoms with Gasteiger partial charge in [0.1, 0.15) is 0 Å². The highest BCUT2D eigenvalue weighted by Gasteiger charge is 2.21. The van der Waals surface area contributed by atoms with Crippen LogP contribution in [0.25, 0.3) is 0 Å². The molecular formula is C14H30N2. The molecule has 96 valence electrons. The molecule has 16 heavy (non-hydrogen) atoms. The average Bonchev–Trinajstić information content (AvgIpc) is 2.29. The normalized spacial score (nSPS) is 23.6. The third kappa shape index (κ3) is 4.42. The van der Waals surface area contributed by atoms with E-state index in [0.29, 0.717) is 5.41 Å². The smallest absolute Gasteiger partial charge is 0.00926 e. The first-order valence-electron chi connectivity index (χ1n) is 7.03. The van der Waals surface area contributed by atoms with Gasteiger partial charge in [-0.25, -0.2) is 0 Å². The predicted molar refractivity (Wildman–Crippen MR) is 71.6 cm³/mol. The van der Waals surface area contributed by atoms with Gasteiger partial charge in [-0.3, -0.25) is 0 Å². The number of hydrogen-bond acceptors (Lipinski definition) is 2. The molecule has 2 N–H and O–H groups in total. The van der Waals surface area contributed by atoms with Gasteiger partial charge in [0, 0.05) is 6.04 Å². The van der Waals surface area contributed by atoms with Gasteiger partial charge in [0.15, 0.2) is 0 Å². The summed E-state index contributed by atoms with van der Waals surface area (Å²) in [6.07, 6.45) is 8.13. The van der Waals surface area contributed by atoms with Crippen molar-refractivity contribution in [1.29, 1.82) is 0 Å². The van der Waals surface area contributed by atoms with Crippen LogP contribution in [0.1, 0.15) is 59.3 Å². The molecule has 0 aliphatic carbocycles. The molecule has 1 aliphatic heterocycles. The van der Waals surface area contributed by atoms with E-state index in [2.05, 4.69) is 25.7 Å². The maximum Gasteiger partial charge on any atom is 0.00926 e. The van der Waals surface area contributed by atoms with Crippen LogP contribution >= 0.6 is 0 Å². The van der Waals surface area contributed by atoms with Crippen molar-refractivity contribution in [2.75, 3.05) is 19.6 Å². The van der Waals surface area contributed by atoms with Crippen LogP contribution in [-0.2, 0) is 0 Å².